The van der Waals surface area contributed by atoms with Crippen molar-refractivity contribution in [2.75, 3.05) is 31.1 Å². The van der Waals surface area contributed by atoms with Crippen LogP contribution in [0.5, 0.6) is 0 Å². The molecule has 0 radical (unpaired) electrons. The summed E-state index contributed by atoms with van der Waals surface area (Å²) >= 11 is 1.52. The highest BCUT2D eigenvalue weighted by Gasteiger charge is 2.19. The Hall–Kier alpha value is -1.53. The van der Waals surface area contributed by atoms with Gasteiger partial charge in [-0.2, -0.15) is 4.37 Å². The molecule has 2 aromatic heterocycles. The van der Waals surface area contributed by atoms with Gasteiger partial charge in [0, 0.05) is 63.1 Å². The van der Waals surface area contributed by atoms with Gasteiger partial charge in [-0.15, -0.1) is 0 Å². The lowest BCUT2D eigenvalue weighted by Crippen LogP contribution is -2.45. The molecule has 5 nitrogen and oxygen atoms in total. The first kappa shape index (κ1) is 13.5. The standard InChI is InChI=1S/C14H19N5S/c1-2-13-16-14(20-17-13)19-9-7-18(8-10-19)11-12-3-5-15-6-4-12/h3-6H,2,7-11H2,1H3. The van der Waals surface area contributed by atoms with Crippen molar-refractivity contribution in [3.63, 3.8) is 0 Å². The van der Waals surface area contributed by atoms with Crippen LogP contribution in [0.1, 0.15) is 18.3 Å². The van der Waals surface area contributed by atoms with Crippen LogP contribution in [0, 0.1) is 0 Å². The van der Waals surface area contributed by atoms with Crippen LogP contribution in [-0.2, 0) is 13.0 Å². The van der Waals surface area contributed by atoms with Crippen LogP contribution < -0.4 is 4.90 Å². The Morgan fingerprint density at radius 3 is 2.55 bits per heavy atom. The minimum Gasteiger partial charge on any atom is -0.344 e. The van der Waals surface area contributed by atoms with E-state index in [-0.39, 0.29) is 0 Å². The third-order valence-corrected chi connectivity index (χ3v) is 4.39. The fraction of sp³-hybridized carbons (Fsp3) is 0.500. The van der Waals surface area contributed by atoms with Crippen molar-refractivity contribution >= 4 is 16.7 Å². The molecule has 20 heavy (non-hydrogen) atoms. The highest BCUT2D eigenvalue weighted by Crippen LogP contribution is 2.19. The minimum absolute atomic E-state index is 0.915. The van der Waals surface area contributed by atoms with Crippen molar-refractivity contribution in [1.82, 2.24) is 19.2 Å². The number of aryl methyl sites for hydroxylation is 1. The average molecular weight is 289 g/mol. The summed E-state index contributed by atoms with van der Waals surface area (Å²) in [5.74, 6) is 0.962. The molecule has 6 heteroatoms. The molecule has 0 aromatic carbocycles. The summed E-state index contributed by atoms with van der Waals surface area (Å²) in [4.78, 5) is 13.5. The third kappa shape index (κ3) is 3.13. The molecule has 1 fully saturated rings. The summed E-state index contributed by atoms with van der Waals surface area (Å²) in [5, 5.41) is 1.07. The van der Waals surface area contributed by atoms with Crippen LogP contribution in [0.25, 0.3) is 0 Å². The summed E-state index contributed by atoms with van der Waals surface area (Å²) in [6.07, 6.45) is 4.64. The Morgan fingerprint density at radius 1 is 1.15 bits per heavy atom. The maximum absolute atomic E-state index is 4.57. The molecule has 0 aliphatic carbocycles. The molecule has 0 unspecified atom stereocenters. The van der Waals surface area contributed by atoms with Gasteiger partial charge in [0.25, 0.3) is 0 Å². The third-order valence-electron chi connectivity index (χ3n) is 3.57. The zero-order valence-electron chi connectivity index (χ0n) is 11.7. The second-order valence-electron chi connectivity index (χ2n) is 4.97. The van der Waals surface area contributed by atoms with Gasteiger partial charge in [-0.1, -0.05) is 6.92 Å². The Balaban J connectivity index is 1.54. The molecule has 0 atom stereocenters. The van der Waals surface area contributed by atoms with Crippen molar-refractivity contribution in [3.05, 3.63) is 35.9 Å². The fourth-order valence-electron chi connectivity index (χ4n) is 2.36. The molecule has 0 bridgehead atoms. The van der Waals surface area contributed by atoms with Crippen molar-refractivity contribution in [1.29, 1.82) is 0 Å². The largest absolute Gasteiger partial charge is 0.344 e. The smallest absolute Gasteiger partial charge is 0.205 e. The molecule has 1 aliphatic rings. The van der Waals surface area contributed by atoms with Crippen LogP contribution in [0.15, 0.2) is 24.5 Å². The average Bonchev–Trinajstić information content (AvgIpc) is 2.98. The molecule has 3 rings (SSSR count). The molecular formula is C14H19N5S. The number of piperazine rings is 1. The predicted octanol–water partition coefficient (Wildman–Crippen LogP) is 1.82. The molecule has 1 saturated heterocycles. The molecule has 0 saturated carbocycles. The molecule has 2 aromatic rings. The van der Waals surface area contributed by atoms with Crippen LogP contribution >= 0.6 is 11.5 Å². The van der Waals surface area contributed by atoms with Crippen LogP contribution in [0.4, 0.5) is 5.13 Å². The van der Waals surface area contributed by atoms with Gasteiger partial charge in [0.15, 0.2) is 0 Å². The molecule has 106 valence electrons. The molecule has 1 aliphatic heterocycles. The van der Waals surface area contributed by atoms with E-state index >= 15 is 0 Å². The molecule has 0 N–H and O–H groups in total. The van der Waals surface area contributed by atoms with Crippen LogP contribution in [0.2, 0.25) is 0 Å². The van der Waals surface area contributed by atoms with Gasteiger partial charge in [-0.25, -0.2) is 4.98 Å². The van der Waals surface area contributed by atoms with Gasteiger partial charge >= 0.3 is 0 Å². The number of hydrogen-bond donors (Lipinski definition) is 0. The molecule has 0 amide bonds. The lowest BCUT2D eigenvalue weighted by Gasteiger charge is -2.34. The molecular weight excluding hydrogens is 270 g/mol. The summed E-state index contributed by atoms with van der Waals surface area (Å²) in [6, 6.07) is 4.18. The summed E-state index contributed by atoms with van der Waals surface area (Å²) in [5.41, 5.74) is 1.33. The maximum Gasteiger partial charge on any atom is 0.205 e. The minimum atomic E-state index is 0.915. The van der Waals surface area contributed by atoms with E-state index in [2.05, 4.69) is 43.2 Å². The summed E-state index contributed by atoms with van der Waals surface area (Å²) < 4.78 is 4.36. The Bertz CT molecular complexity index is 534. The van der Waals surface area contributed by atoms with Gasteiger partial charge in [-0.3, -0.25) is 9.88 Å². The normalized spacial score (nSPS) is 16.6. The van der Waals surface area contributed by atoms with E-state index in [9.17, 15) is 0 Å². The van der Waals surface area contributed by atoms with E-state index in [1.165, 1.54) is 17.1 Å². The quantitative estimate of drug-likeness (QED) is 0.859. The first-order valence-corrected chi connectivity index (χ1v) is 7.81. The predicted molar refractivity (Wildman–Crippen MR) is 81.0 cm³/mol. The van der Waals surface area contributed by atoms with E-state index in [0.717, 1.165) is 50.1 Å². The van der Waals surface area contributed by atoms with Crippen molar-refractivity contribution in [2.24, 2.45) is 0 Å². The topological polar surface area (TPSA) is 45.2 Å². The fourth-order valence-corrected chi connectivity index (χ4v) is 3.16. The SMILES string of the molecule is CCc1nsc(N2CCN(Cc3ccncc3)CC2)n1. The van der Waals surface area contributed by atoms with Crippen LogP contribution in [0.3, 0.4) is 0 Å². The first-order valence-electron chi connectivity index (χ1n) is 7.04. The van der Waals surface area contributed by atoms with Crippen molar-refractivity contribution in [2.45, 2.75) is 19.9 Å². The zero-order valence-corrected chi connectivity index (χ0v) is 12.5. The van der Waals surface area contributed by atoms with Gasteiger partial charge in [-0.05, 0) is 17.7 Å². The monoisotopic (exact) mass is 289 g/mol. The van der Waals surface area contributed by atoms with Crippen LogP contribution in [-0.4, -0.2) is 45.4 Å². The Labute approximate surface area is 123 Å². The second kappa shape index (κ2) is 6.28. The second-order valence-corrected chi connectivity index (χ2v) is 5.70. The van der Waals surface area contributed by atoms with Gasteiger partial charge in [0.2, 0.25) is 5.13 Å². The van der Waals surface area contributed by atoms with Crippen molar-refractivity contribution < 1.29 is 0 Å². The molecule has 0 spiro atoms. The van der Waals surface area contributed by atoms with E-state index in [0.29, 0.717) is 0 Å². The number of nitrogens with zero attached hydrogens (tertiary/aromatic N) is 5. The van der Waals surface area contributed by atoms with Gasteiger partial charge in [0.1, 0.15) is 5.82 Å². The summed E-state index contributed by atoms with van der Waals surface area (Å²) in [6.45, 7) is 7.31. The Morgan fingerprint density at radius 2 is 1.90 bits per heavy atom. The number of hydrogen-bond acceptors (Lipinski definition) is 6. The van der Waals surface area contributed by atoms with E-state index in [1.807, 2.05) is 12.4 Å². The van der Waals surface area contributed by atoms with E-state index in [4.69, 9.17) is 0 Å². The van der Waals surface area contributed by atoms with E-state index < -0.39 is 0 Å². The van der Waals surface area contributed by atoms with Gasteiger partial charge in [0.05, 0.1) is 0 Å². The lowest BCUT2D eigenvalue weighted by atomic mass is 10.2. The lowest BCUT2D eigenvalue weighted by molar-refractivity contribution is 0.249. The number of aromatic nitrogens is 3. The number of pyridine rings is 1. The maximum atomic E-state index is 4.57. The zero-order chi connectivity index (χ0) is 13.8. The Kier molecular flexibility index (Phi) is 4.22. The van der Waals surface area contributed by atoms with Gasteiger partial charge < -0.3 is 4.90 Å². The summed E-state index contributed by atoms with van der Waals surface area (Å²) in [7, 11) is 0. The number of anilines is 1. The highest BCUT2D eigenvalue weighted by molar-refractivity contribution is 7.09. The first-order chi connectivity index (χ1) is 9.85. The van der Waals surface area contributed by atoms with Crippen molar-refractivity contribution in [3.8, 4) is 0 Å². The van der Waals surface area contributed by atoms with E-state index in [1.54, 1.807) is 0 Å². The number of rotatable bonds is 4. The highest BCUT2D eigenvalue weighted by atomic mass is 32.1. The molecule has 3 heterocycles.